The lowest BCUT2D eigenvalue weighted by Gasteiger charge is -2.45. The van der Waals surface area contributed by atoms with Gasteiger partial charge in [0.15, 0.2) is 0 Å². The largest absolute Gasteiger partial charge is 0.417 e. The third-order valence-corrected chi connectivity index (χ3v) is 10.4. The number of thioether (sulfide) groups is 1. The molecule has 3 aliphatic rings. The van der Waals surface area contributed by atoms with Crippen LogP contribution in [0.3, 0.4) is 0 Å². The van der Waals surface area contributed by atoms with Gasteiger partial charge in [0.25, 0.3) is 0 Å². The average molecular weight is 663 g/mol. The average Bonchev–Trinajstić information content (AvgIpc) is 2.99. The molecular formula is C32H35F5N6O2S. The van der Waals surface area contributed by atoms with E-state index in [0.29, 0.717) is 12.6 Å². The number of amides is 1. The molecule has 2 saturated heterocycles. The second-order valence-electron chi connectivity index (χ2n) is 12.4. The number of anilines is 1. The van der Waals surface area contributed by atoms with Gasteiger partial charge in [0.05, 0.1) is 17.1 Å². The predicted octanol–water partition coefficient (Wildman–Crippen LogP) is 4.87. The van der Waals surface area contributed by atoms with Crippen molar-refractivity contribution in [1.82, 2.24) is 24.3 Å². The minimum atomic E-state index is -4.91. The van der Waals surface area contributed by atoms with Crippen LogP contribution in [-0.4, -0.2) is 101 Å². The monoisotopic (exact) mass is 662 g/mol. The van der Waals surface area contributed by atoms with Gasteiger partial charge in [-0.05, 0) is 45.2 Å². The molecule has 2 aromatic carbocycles. The van der Waals surface area contributed by atoms with Gasteiger partial charge in [0.1, 0.15) is 17.5 Å². The molecule has 46 heavy (non-hydrogen) atoms. The lowest BCUT2D eigenvalue weighted by atomic mass is 9.95. The Kier molecular flexibility index (Phi) is 8.66. The first kappa shape index (κ1) is 32.5. The van der Waals surface area contributed by atoms with E-state index in [2.05, 4.69) is 21.4 Å². The third-order valence-electron chi connectivity index (χ3n) is 9.15. The number of benzene rings is 2. The highest BCUT2D eigenvalue weighted by Gasteiger charge is 2.41. The van der Waals surface area contributed by atoms with Gasteiger partial charge < -0.3 is 14.7 Å². The van der Waals surface area contributed by atoms with Crippen LogP contribution in [0.25, 0.3) is 22.0 Å². The SMILES string of the molecule is C=CC(=O)N1[C@H](C)CN(c2nc(=O)n3c4c(c(-c5ccc(F)cc5F)c(C(F)(F)F)cc24)SCC3CN2CCN(C)CC2)C[C@@H]1C. The molecule has 2 fully saturated rings. The summed E-state index contributed by atoms with van der Waals surface area (Å²) in [5, 5.41) is 0.117. The van der Waals surface area contributed by atoms with E-state index in [-0.39, 0.29) is 58.4 Å². The van der Waals surface area contributed by atoms with Crippen LogP contribution >= 0.6 is 11.8 Å². The lowest BCUT2D eigenvalue weighted by Crippen LogP contribution is -2.58. The molecule has 0 N–H and O–H groups in total. The minimum Gasteiger partial charge on any atom is -0.352 e. The highest BCUT2D eigenvalue weighted by molar-refractivity contribution is 7.99. The van der Waals surface area contributed by atoms with Crippen molar-refractivity contribution < 1.29 is 26.7 Å². The molecule has 8 nitrogen and oxygen atoms in total. The van der Waals surface area contributed by atoms with Crippen molar-refractivity contribution >= 4 is 34.4 Å². The Morgan fingerprint density at radius 2 is 1.76 bits per heavy atom. The molecule has 1 unspecified atom stereocenters. The normalized spacial score (nSPS) is 22.8. The second kappa shape index (κ2) is 12.3. The zero-order valence-electron chi connectivity index (χ0n) is 25.8. The van der Waals surface area contributed by atoms with Crippen molar-refractivity contribution in [1.29, 1.82) is 0 Å². The molecule has 1 aromatic heterocycles. The van der Waals surface area contributed by atoms with Gasteiger partial charge in [-0.1, -0.05) is 6.58 Å². The van der Waals surface area contributed by atoms with E-state index < -0.39 is 46.2 Å². The number of nitrogens with zero attached hydrogens (tertiary/aromatic N) is 6. The summed E-state index contributed by atoms with van der Waals surface area (Å²) in [6.07, 6.45) is -3.69. The quantitative estimate of drug-likeness (QED) is 0.286. The standard InChI is InChI=1S/C32H35F5N6O2S/c1-5-26(44)42-18(2)14-41(15-19(42)3)30-23-13-24(32(35,36)37)27(22-7-6-20(33)12-25(22)34)29-28(23)43(31(45)38-30)21(17-46-29)16-40-10-8-39(4)9-11-40/h5-7,12-13,18-19,21H,1,8-11,14-17H2,2-4H3/t18-,19+,21?. The summed E-state index contributed by atoms with van der Waals surface area (Å²) < 4.78 is 75.4. The van der Waals surface area contributed by atoms with E-state index in [9.17, 15) is 27.2 Å². The molecule has 0 saturated carbocycles. The molecule has 246 valence electrons. The highest BCUT2D eigenvalue weighted by Crippen LogP contribution is 2.50. The highest BCUT2D eigenvalue weighted by atomic mass is 32.2. The van der Waals surface area contributed by atoms with Crippen molar-refractivity contribution in [3.8, 4) is 11.1 Å². The van der Waals surface area contributed by atoms with Crippen LogP contribution in [0.4, 0.5) is 27.8 Å². The van der Waals surface area contributed by atoms with E-state index in [4.69, 9.17) is 0 Å². The number of rotatable bonds is 5. The van der Waals surface area contributed by atoms with E-state index in [1.165, 1.54) is 10.6 Å². The molecule has 4 heterocycles. The van der Waals surface area contributed by atoms with Crippen molar-refractivity contribution in [3.63, 3.8) is 0 Å². The Bertz CT molecular complexity index is 1740. The number of alkyl halides is 3. The fourth-order valence-corrected chi connectivity index (χ4v) is 8.34. The first-order chi connectivity index (χ1) is 21.8. The van der Waals surface area contributed by atoms with Gasteiger partial charge in [-0.25, -0.2) is 13.6 Å². The molecule has 1 amide bonds. The smallest absolute Gasteiger partial charge is 0.352 e. The van der Waals surface area contributed by atoms with Crippen LogP contribution in [0.5, 0.6) is 0 Å². The van der Waals surface area contributed by atoms with E-state index in [1.54, 1.807) is 9.80 Å². The van der Waals surface area contributed by atoms with Gasteiger partial charge in [-0.3, -0.25) is 14.3 Å². The van der Waals surface area contributed by atoms with Crippen LogP contribution in [0.15, 0.2) is 46.6 Å². The fourth-order valence-electron chi connectivity index (χ4n) is 7.01. The Labute approximate surface area is 267 Å². The molecule has 14 heteroatoms. The number of carbonyl (C=O) groups excluding carboxylic acids is 1. The maximum atomic E-state index is 15.3. The number of likely N-dealkylation sites (N-methyl/N-ethyl adjacent to an activating group) is 1. The molecular weight excluding hydrogens is 627 g/mol. The summed E-state index contributed by atoms with van der Waals surface area (Å²) in [5.41, 5.74) is -2.28. The fraction of sp³-hybridized carbons (Fsp3) is 0.469. The summed E-state index contributed by atoms with van der Waals surface area (Å²) in [6, 6.07) is 2.35. The first-order valence-corrected chi connectivity index (χ1v) is 16.2. The molecule has 3 aliphatic heterocycles. The molecule has 0 aliphatic carbocycles. The van der Waals surface area contributed by atoms with Gasteiger partial charge >= 0.3 is 11.9 Å². The topological polar surface area (TPSA) is 64.9 Å². The van der Waals surface area contributed by atoms with E-state index in [0.717, 1.165) is 56.1 Å². The van der Waals surface area contributed by atoms with Gasteiger partial charge in [-0.15, -0.1) is 11.8 Å². The molecule has 0 bridgehead atoms. The summed E-state index contributed by atoms with van der Waals surface area (Å²) in [4.78, 5) is 38.9. The van der Waals surface area contributed by atoms with Crippen LogP contribution in [0.2, 0.25) is 0 Å². The number of halogens is 5. The lowest BCUT2D eigenvalue weighted by molar-refractivity contribution is -0.137. The number of hydrogen-bond donors (Lipinski definition) is 0. The number of hydrogen-bond acceptors (Lipinski definition) is 7. The summed E-state index contributed by atoms with van der Waals surface area (Å²) >= 11 is 1.15. The zero-order valence-corrected chi connectivity index (χ0v) is 26.6. The summed E-state index contributed by atoms with van der Waals surface area (Å²) in [6.45, 7) is 11.4. The third kappa shape index (κ3) is 5.79. The molecule has 0 spiro atoms. The number of piperazine rings is 2. The maximum Gasteiger partial charge on any atom is 0.417 e. The minimum absolute atomic E-state index is 0.0828. The second-order valence-corrected chi connectivity index (χ2v) is 13.4. The van der Waals surface area contributed by atoms with Crippen molar-refractivity contribution in [3.05, 3.63) is 64.6 Å². The van der Waals surface area contributed by atoms with Crippen LogP contribution in [0.1, 0.15) is 25.5 Å². The van der Waals surface area contributed by atoms with Crippen molar-refractivity contribution in [2.24, 2.45) is 0 Å². The zero-order chi connectivity index (χ0) is 33.1. The predicted molar refractivity (Wildman–Crippen MR) is 168 cm³/mol. The molecule has 3 aromatic rings. The Morgan fingerprint density at radius 1 is 1.09 bits per heavy atom. The Balaban J connectivity index is 1.59. The van der Waals surface area contributed by atoms with Crippen LogP contribution in [0, 0.1) is 11.6 Å². The Morgan fingerprint density at radius 3 is 2.37 bits per heavy atom. The van der Waals surface area contributed by atoms with E-state index >= 15 is 4.39 Å². The number of carbonyl (C=O) groups is 1. The summed E-state index contributed by atoms with van der Waals surface area (Å²) in [5.74, 6) is -1.96. The van der Waals surface area contributed by atoms with Gasteiger partial charge in [0.2, 0.25) is 5.91 Å². The molecule has 6 rings (SSSR count). The van der Waals surface area contributed by atoms with Crippen molar-refractivity contribution in [2.75, 3.05) is 63.5 Å². The van der Waals surface area contributed by atoms with Crippen LogP contribution in [-0.2, 0) is 11.0 Å². The molecule has 0 radical (unpaired) electrons. The van der Waals surface area contributed by atoms with Gasteiger partial charge in [-0.2, -0.15) is 18.2 Å². The van der Waals surface area contributed by atoms with E-state index in [1.807, 2.05) is 20.9 Å². The number of aromatic nitrogens is 2. The van der Waals surface area contributed by atoms with Crippen LogP contribution < -0.4 is 10.6 Å². The van der Waals surface area contributed by atoms with Gasteiger partial charge in [0, 0.05) is 91.1 Å². The maximum absolute atomic E-state index is 15.3. The Hall–Kier alpha value is -3.49. The molecule has 3 atom stereocenters. The summed E-state index contributed by atoms with van der Waals surface area (Å²) in [7, 11) is 2.03. The van der Waals surface area contributed by atoms with Crippen molar-refractivity contribution in [2.45, 2.75) is 43.0 Å². The first-order valence-electron chi connectivity index (χ1n) is 15.2.